The maximum absolute atomic E-state index is 12.4. The molecule has 0 saturated heterocycles. The van der Waals surface area contributed by atoms with Gasteiger partial charge in [0.15, 0.2) is 6.10 Å². The summed E-state index contributed by atoms with van der Waals surface area (Å²) in [6.07, 6.45) is -5.56. The van der Waals surface area contributed by atoms with E-state index in [-0.39, 0.29) is 17.9 Å². The Bertz CT molecular complexity index is 463. The Labute approximate surface area is 107 Å². The van der Waals surface area contributed by atoms with Crippen LogP contribution in [0.5, 0.6) is 5.88 Å². The molecule has 0 amide bonds. The van der Waals surface area contributed by atoms with Gasteiger partial charge in [-0.3, -0.25) is 0 Å². The molecule has 1 rings (SSSR count). The van der Waals surface area contributed by atoms with Crippen molar-refractivity contribution in [1.82, 2.24) is 4.98 Å². The van der Waals surface area contributed by atoms with Crippen LogP contribution in [0.2, 0.25) is 0 Å². The van der Waals surface area contributed by atoms with Crippen molar-refractivity contribution in [2.75, 3.05) is 12.3 Å². The zero-order valence-corrected chi connectivity index (χ0v) is 10.3. The second kappa shape index (κ2) is 5.77. The Morgan fingerprint density at radius 2 is 2.16 bits per heavy atom. The van der Waals surface area contributed by atoms with E-state index in [0.29, 0.717) is 0 Å². The average molecular weight is 278 g/mol. The second-order valence-corrected chi connectivity index (χ2v) is 3.64. The molecule has 0 aromatic carbocycles. The lowest BCUT2D eigenvalue weighted by atomic mass is 10.2. The predicted octanol–water partition coefficient (Wildman–Crippen LogP) is 2.17. The van der Waals surface area contributed by atoms with Gasteiger partial charge in [0.1, 0.15) is 5.56 Å². The molecule has 0 bridgehead atoms. The molecule has 2 N–H and O–H groups in total. The molecule has 1 aromatic heterocycles. The molecule has 106 valence electrons. The van der Waals surface area contributed by atoms with E-state index < -0.39 is 24.1 Å². The standard InChI is InChI=1S/C11H13F3N2O3/c1-3-18-10(17)8-4-7(15)5-16-9(8)19-6(2)11(12,13)14/h4-6H,3,15H2,1-2H3. The molecule has 19 heavy (non-hydrogen) atoms. The topological polar surface area (TPSA) is 74.4 Å². The van der Waals surface area contributed by atoms with Crippen molar-refractivity contribution in [3.8, 4) is 5.88 Å². The normalized spacial score (nSPS) is 12.9. The minimum Gasteiger partial charge on any atom is -0.464 e. The Morgan fingerprint density at radius 3 is 2.68 bits per heavy atom. The fourth-order valence-electron chi connectivity index (χ4n) is 1.15. The Balaban J connectivity index is 3.03. The second-order valence-electron chi connectivity index (χ2n) is 3.64. The number of pyridine rings is 1. The Kier molecular flexibility index (Phi) is 4.57. The van der Waals surface area contributed by atoms with Gasteiger partial charge in [-0.2, -0.15) is 13.2 Å². The highest BCUT2D eigenvalue weighted by Gasteiger charge is 2.39. The van der Waals surface area contributed by atoms with Crippen LogP contribution >= 0.6 is 0 Å². The first-order chi connectivity index (χ1) is 8.75. The number of nitrogen functional groups attached to an aromatic ring is 1. The number of carbonyl (C=O) groups is 1. The smallest absolute Gasteiger partial charge is 0.425 e. The summed E-state index contributed by atoms with van der Waals surface area (Å²) in [5.41, 5.74) is 5.31. The fourth-order valence-corrected chi connectivity index (χ4v) is 1.15. The molecule has 1 heterocycles. The van der Waals surface area contributed by atoms with Crippen LogP contribution in [0.4, 0.5) is 18.9 Å². The number of ether oxygens (including phenoxy) is 2. The monoisotopic (exact) mass is 278 g/mol. The minimum atomic E-state index is -4.56. The van der Waals surface area contributed by atoms with Crippen LogP contribution < -0.4 is 10.5 Å². The Hall–Kier alpha value is -1.99. The molecular formula is C11H13F3N2O3. The van der Waals surface area contributed by atoms with Gasteiger partial charge in [-0.25, -0.2) is 9.78 Å². The number of aromatic nitrogens is 1. The van der Waals surface area contributed by atoms with Crippen molar-refractivity contribution in [2.24, 2.45) is 0 Å². The van der Waals surface area contributed by atoms with E-state index in [1.807, 2.05) is 0 Å². The number of hydrogen-bond acceptors (Lipinski definition) is 5. The highest BCUT2D eigenvalue weighted by Crippen LogP contribution is 2.27. The molecular weight excluding hydrogens is 265 g/mol. The molecule has 0 aliphatic carbocycles. The van der Waals surface area contributed by atoms with Gasteiger partial charge in [0.05, 0.1) is 18.5 Å². The molecule has 1 aromatic rings. The van der Waals surface area contributed by atoms with Crippen LogP contribution in [-0.2, 0) is 4.74 Å². The largest absolute Gasteiger partial charge is 0.464 e. The SMILES string of the molecule is CCOC(=O)c1cc(N)cnc1OC(C)C(F)(F)F. The van der Waals surface area contributed by atoms with Gasteiger partial charge in [-0.15, -0.1) is 0 Å². The number of nitrogens with zero attached hydrogens (tertiary/aromatic N) is 1. The molecule has 0 fully saturated rings. The summed E-state index contributed by atoms with van der Waals surface area (Å²) in [4.78, 5) is 15.2. The lowest BCUT2D eigenvalue weighted by Gasteiger charge is -2.18. The number of esters is 1. The number of anilines is 1. The lowest BCUT2D eigenvalue weighted by Crippen LogP contribution is -2.32. The summed E-state index contributed by atoms with van der Waals surface area (Å²) >= 11 is 0. The Morgan fingerprint density at radius 1 is 1.53 bits per heavy atom. The zero-order chi connectivity index (χ0) is 14.6. The summed E-state index contributed by atoms with van der Waals surface area (Å²) in [6, 6.07) is 1.16. The van der Waals surface area contributed by atoms with Crippen molar-refractivity contribution >= 4 is 11.7 Å². The third-order valence-corrected chi connectivity index (χ3v) is 2.12. The van der Waals surface area contributed by atoms with E-state index in [0.717, 1.165) is 19.2 Å². The molecule has 1 unspecified atom stereocenters. The summed E-state index contributed by atoms with van der Waals surface area (Å²) in [7, 11) is 0. The van der Waals surface area contributed by atoms with Crippen LogP contribution in [0.25, 0.3) is 0 Å². The molecule has 0 aliphatic rings. The summed E-state index contributed by atoms with van der Waals surface area (Å²) in [5, 5.41) is 0. The van der Waals surface area contributed by atoms with Crippen LogP contribution in [0.1, 0.15) is 24.2 Å². The fraction of sp³-hybridized carbons (Fsp3) is 0.455. The lowest BCUT2D eigenvalue weighted by molar-refractivity contribution is -0.190. The average Bonchev–Trinajstić information content (AvgIpc) is 2.30. The number of nitrogens with two attached hydrogens (primary N) is 1. The number of rotatable bonds is 4. The minimum absolute atomic E-state index is 0.0713. The quantitative estimate of drug-likeness (QED) is 0.854. The van der Waals surface area contributed by atoms with Gasteiger partial charge >= 0.3 is 12.1 Å². The highest BCUT2D eigenvalue weighted by atomic mass is 19.4. The summed E-state index contributed by atoms with van der Waals surface area (Å²) in [6.45, 7) is 2.45. The van der Waals surface area contributed by atoms with Crippen LogP contribution in [-0.4, -0.2) is 29.8 Å². The van der Waals surface area contributed by atoms with Gasteiger partial charge in [0, 0.05) is 0 Å². The van der Waals surface area contributed by atoms with Crippen LogP contribution in [0, 0.1) is 0 Å². The van der Waals surface area contributed by atoms with Gasteiger partial charge in [0.2, 0.25) is 5.88 Å². The van der Waals surface area contributed by atoms with E-state index in [1.165, 1.54) is 0 Å². The van der Waals surface area contributed by atoms with Crippen molar-refractivity contribution in [3.63, 3.8) is 0 Å². The van der Waals surface area contributed by atoms with Gasteiger partial charge in [-0.1, -0.05) is 0 Å². The first-order valence-electron chi connectivity index (χ1n) is 5.41. The van der Waals surface area contributed by atoms with Crippen LogP contribution in [0.3, 0.4) is 0 Å². The van der Waals surface area contributed by atoms with Crippen molar-refractivity contribution < 1.29 is 27.4 Å². The number of halogens is 3. The van der Waals surface area contributed by atoms with Gasteiger partial charge < -0.3 is 15.2 Å². The first-order valence-corrected chi connectivity index (χ1v) is 5.41. The predicted molar refractivity (Wildman–Crippen MR) is 60.8 cm³/mol. The van der Waals surface area contributed by atoms with E-state index in [9.17, 15) is 18.0 Å². The third kappa shape index (κ3) is 4.01. The molecule has 0 spiro atoms. The zero-order valence-electron chi connectivity index (χ0n) is 10.3. The molecule has 0 saturated carbocycles. The number of hydrogen-bond donors (Lipinski definition) is 1. The summed E-state index contributed by atoms with van der Waals surface area (Å²) < 4.78 is 46.5. The van der Waals surface area contributed by atoms with Crippen molar-refractivity contribution in [2.45, 2.75) is 26.1 Å². The summed E-state index contributed by atoms with van der Waals surface area (Å²) in [5.74, 6) is -1.30. The van der Waals surface area contributed by atoms with Crippen molar-refractivity contribution in [3.05, 3.63) is 17.8 Å². The molecule has 0 radical (unpaired) electrons. The van der Waals surface area contributed by atoms with E-state index in [1.54, 1.807) is 6.92 Å². The first kappa shape index (κ1) is 15.1. The maximum atomic E-state index is 12.4. The molecule has 5 nitrogen and oxygen atoms in total. The third-order valence-electron chi connectivity index (χ3n) is 2.12. The number of carbonyl (C=O) groups excluding carboxylic acids is 1. The van der Waals surface area contributed by atoms with Gasteiger partial charge in [0.25, 0.3) is 0 Å². The molecule has 0 aliphatic heterocycles. The van der Waals surface area contributed by atoms with E-state index >= 15 is 0 Å². The highest BCUT2D eigenvalue weighted by molar-refractivity contribution is 5.92. The molecule has 1 atom stereocenters. The maximum Gasteiger partial charge on any atom is 0.425 e. The van der Waals surface area contributed by atoms with Gasteiger partial charge in [-0.05, 0) is 19.9 Å². The van der Waals surface area contributed by atoms with E-state index in [4.69, 9.17) is 10.5 Å². The van der Waals surface area contributed by atoms with Crippen LogP contribution in [0.15, 0.2) is 12.3 Å². The molecule has 8 heteroatoms. The van der Waals surface area contributed by atoms with Crippen molar-refractivity contribution in [1.29, 1.82) is 0 Å². The van der Waals surface area contributed by atoms with E-state index in [2.05, 4.69) is 9.72 Å². The number of alkyl halides is 3.